The van der Waals surface area contributed by atoms with Crippen molar-refractivity contribution in [3.8, 4) is 5.75 Å². The number of hydrogen-bond donors (Lipinski definition) is 0. The fourth-order valence-electron chi connectivity index (χ4n) is 0.872. The molecule has 0 saturated heterocycles. The number of halogens is 3. The zero-order valence-corrected chi connectivity index (χ0v) is 9.28. The van der Waals surface area contributed by atoms with E-state index >= 15 is 0 Å². The highest BCUT2D eigenvalue weighted by Gasteiger charge is 2.08. The van der Waals surface area contributed by atoms with Crippen LogP contribution in [0.2, 0.25) is 5.02 Å². The minimum Gasteiger partial charge on any atom is -0.490 e. The van der Waals surface area contributed by atoms with Gasteiger partial charge in [0.15, 0.2) is 11.6 Å². The Labute approximate surface area is 92.8 Å². The van der Waals surface area contributed by atoms with Crippen LogP contribution in [0.25, 0.3) is 0 Å². The predicted molar refractivity (Wildman–Crippen MR) is 56.8 cm³/mol. The van der Waals surface area contributed by atoms with Crippen molar-refractivity contribution in [2.75, 3.05) is 12.5 Å². The molecule has 0 amide bonds. The standard InChI is InChI=1S/C10H11Cl2FO/c1-7(5-11)6-14-9-4-2-3-8(12)10(9)13/h2-4,7H,5-6H2,1H3. The largest absolute Gasteiger partial charge is 0.490 e. The summed E-state index contributed by atoms with van der Waals surface area (Å²) in [6.07, 6.45) is 0. The normalized spacial score (nSPS) is 12.6. The maximum atomic E-state index is 13.3. The number of alkyl halides is 1. The van der Waals surface area contributed by atoms with Gasteiger partial charge in [-0.2, -0.15) is 0 Å². The van der Waals surface area contributed by atoms with E-state index in [2.05, 4.69) is 0 Å². The van der Waals surface area contributed by atoms with Crippen LogP contribution in [0.15, 0.2) is 18.2 Å². The fraction of sp³-hybridized carbons (Fsp3) is 0.400. The third-order valence-electron chi connectivity index (χ3n) is 1.70. The third kappa shape index (κ3) is 3.03. The van der Waals surface area contributed by atoms with E-state index in [-0.39, 0.29) is 16.7 Å². The van der Waals surface area contributed by atoms with Crippen molar-refractivity contribution in [3.05, 3.63) is 29.0 Å². The van der Waals surface area contributed by atoms with Crippen molar-refractivity contribution in [3.63, 3.8) is 0 Å². The van der Waals surface area contributed by atoms with Gasteiger partial charge in [-0.15, -0.1) is 11.6 Å². The molecule has 0 aliphatic carbocycles. The molecule has 1 atom stereocenters. The van der Waals surface area contributed by atoms with Crippen LogP contribution in [0, 0.1) is 11.7 Å². The predicted octanol–water partition coefficient (Wildman–Crippen LogP) is 3.73. The summed E-state index contributed by atoms with van der Waals surface area (Å²) in [5.41, 5.74) is 0. The molecule has 0 spiro atoms. The van der Waals surface area contributed by atoms with Crippen molar-refractivity contribution >= 4 is 23.2 Å². The quantitative estimate of drug-likeness (QED) is 0.725. The smallest absolute Gasteiger partial charge is 0.183 e. The number of benzene rings is 1. The third-order valence-corrected chi connectivity index (χ3v) is 2.52. The lowest BCUT2D eigenvalue weighted by atomic mass is 10.2. The lowest BCUT2D eigenvalue weighted by Crippen LogP contribution is -2.10. The van der Waals surface area contributed by atoms with Gasteiger partial charge in [0, 0.05) is 11.8 Å². The Bertz CT molecular complexity index is 304. The van der Waals surface area contributed by atoms with E-state index in [9.17, 15) is 4.39 Å². The second kappa shape index (κ2) is 5.42. The van der Waals surface area contributed by atoms with Gasteiger partial charge in [0.1, 0.15) is 0 Å². The minimum absolute atomic E-state index is 0.0704. The molecule has 1 unspecified atom stereocenters. The van der Waals surface area contributed by atoms with E-state index in [0.717, 1.165) is 0 Å². The first-order chi connectivity index (χ1) is 6.65. The molecule has 14 heavy (non-hydrogen) atoms. The van der Waals surface area contributed by atoms with Gasteiger partial charge in [-0.1, -0.05) is 24.6 Å². The Morgan fingerprint density at radius 3 is 2.86 bits per heavy atom. The zero-order chi connectivity index (χ0) is 10.6. The molecular weight excluding hydrogens is 226 g/mol. The summed E-state index contributed by atoms with van der Waals surface area (Å²) in [4.78, 5) is 0. The summed E-state index contributed by atoms with van der Waals surface area (Å²) in [5.74, 6) is 0.336. The van der Waals surface area contributed by atoms with Crippen LogP contribution < -0.4 is 4.74 Å². The number of ether oxygens (including phenoxy) is 1. The second-order valence-electron chi connectivity index (χ2n) is 3.12. The Morgan fingerprint density at radius 2 is 2.21 bits per heavy atom. The van der Waals surface area contributed by atoms with Crippen molar-refractivity contribution in [2.45, 2.75) is 6.92 Å². The molecule has 0 N–H and O–H groups in total. The minimum atomic E-state index is -0.518. The Hall–Kier alpha value is -0.470. The van der Waals surface area contributed by atoms with E-state index < -0.39 is 5.82 Å². The van der Waals surface area contributed by atoms with E-state index in [1.54, 1.807) is 12.1 Å². The van der Waals surface area contributed by atoms with Crippen molar-refractivity contribution < 1.29 is 9.13 Å². The second-order valence-corrected chi connectivity index (χ2v) is 3.84. The summed E-state index contributed by atoms with van der Waals surface area (Å²) in [6, 6.07) is 4.67. The van der Waals surface area contributed by atoms with Crippen LogP contribution in [-0.4, -0.2) is 12.5 Å². The van der Waals surface area contributed by atoms with Gasteiger partial charge < -0.3 is 4.74 Å². The van der Waals surface area contributed by atoms with Gasteiger partial charge in [0.2, 0.25) is 0 Å². The molecule has 0 radical (unpaired) electrons. The van der Waals surface area contributed by atoms with Gasteiger partial charge in [-0.3, -0.25) is 0 Å². The average Bonchev–Trinajstić information content (AvgIpc) is 2.20. The van der Waals surface area contributed by atoms with Crippen LogP contribution in [0.1, 0.15) is 6.92 Å². The first-order valence-electron chi connectivity index (χ1n) is 4.28. The molecule has 1 rings (SSSR count). The topological polar surface area (TPSA) is 9.23 Å². The Morgan fingerprint density at radius 1 is 1.50 bits per heavy atom. The molecule has 0 bridgehead atoms. The van der Waals surface area contributed by atoms with Gasteiger partial charge >= 0.3 is 0 Å². The Balaban J connectivity index is 2.63. The van der Waals surface area contributed by atoms with Crippen LogP contribution in [0.3, 0.4) is 0 Å². The summed E-state index contributed by atoms with van der Waals surface area (Å²) >= 11 is 11.2. The molecule has 78 valence electrons. The van der Waals surface area contributed by atoms with Gasteiger partial charge in [-0.25, -0.2) is 4.39 Å². The molecule has 0 saturated carbocycles. The fourth-order valence-corrected chi connectivity index (χ4v) is 1.13. The maximum Gasteiger partial charge on any atom is 0.183 e. The summed E-state index contributed by atoms with van der Waals surface area (Å²) < 4.78 is 18.5. The van der Waals surface area contributed by atoms with Crippen molar-refractivity contribution in [1.29, 1.82) is 0 Å². The van der Waals surface area contributed by atoms with Gasteiger partial charge in [0.05, 0.1) is 11.6 Å². The molecule has 0 fully saturated rings. The van der Waals surface area contributed by atoms with E-state index in [1.165, 1.54) is 6.07 Å². The Kier molecular flexibility index (Phi) is 4.49. The van der Waals surface area contributed by atoms with E-state index in [4.69, 9.17) is 27.9 Å². The van der Waals surface area contributed by atoms with Crippen molar-refractivity contribution in [2.24, 2.45) is 5.92 Å². The summed E-state index contributed by atoms with van der Waals surface area (Å²) in [5, 5.41) is 0.0704. The monoisotopic (exact) mass is 236 g/mol. The first-order valence-corrected chi connectivity index (χ1v) is 5.19. The van der Waals surface area contributed by atoms with Crippen LogP contribution in [0.5, 0.6) is 5.75 Å². The van der Waals surface area contributed by atoms with E-state index in [1.807, 2.05) is 6.92 Å². The first kappa shape index (κ1) is 11.6. The highest BCUT2D eigenvalue weighted by atomic mass is 35.5. The molecule has 0 aliphatic heterocycles. The lowest BCUT2D eigenvalue weighted by Gasteiger charge is -2.10. The van der Waals surface area contributed by atoms with Crippen molar-refractivity contribution in [1.82, 2.24) is 0 Å². The van der Waals surface area contributed by atoms with Gasteiger partial charge in [-0.05, 0) is 12.1 Å². The average molecular weight is 237 g/mol. The molecule has 1 nitrogen and oxygen atoms in total. The maximum absolute atomic E-state index is 13.3. The molecule has 0 aromatic heterocycles. The molecule has 0 aliphatic rings. The molecule has 1 aromatic rings. The SMILES string of the molecule is CC(CCl)COc1cccc(Cl)c1F. The van der Waals surface area contributed by atoms with E-state index in [0.29, 0.717) is 12.5 Å². The van der Waals surface area contributed by atoms with Crippen LogP contribution in [0.4, 0.5) is 4.39 Å². The van der Waals surface area contributed by atoms with Gasteiger partial charge in [0.25, 0.3) is 0 Å². The molecule has 4 heteroatoms. The molecule has 0 heterocycles. The molecular formula is C10H11Cl2FO. The van der Waals surface area contributed by atoms with Crippen LogP contribution in [-0.2, 0) is 0 Å². The summed E-state index contributed by atoms with van der Waals surface area (Å²) in [7, 11) is 0. The lowest BCUT2D eigenvalue weighted by molar-refractivity contribution is 0.261. The highest BCUT2D eigenvalue weighted by Crippen LogP contribution is 2.24. The number of hydrogen-bond acceptors (Lipinski definition) is 1. The summed E-state index contributed by atoms with van der Waals surface area (Å²) in [6.45, 7) is 2.32. The van der Waals surface area contributed by atoms with Crippen LogP contribution >= 0.6 is 23.2 Å². The molecule has 1 aromatic carbocycles. The number of rotatable bonds is 4. The highest BCUT2D eigenvalue weighted by molar-refractivity contribution is 6.30. The zero-order valence-electron chi connectivity index (χ0n) is 7.77.